The van der Waals surface area contributed by atoms with Gasteiger partial charge in [0.15, 0.2) is 5.13 Å². The van der Waals surface area contributed by atoms with Gasteiger partial charge in [-0.15, -0.1) is 11.3 Å². The fourth-order valence-corrected chi connectivity index (χ4v) is 5.11. The molecule has 0 radical (unpaired) electrons. The standard InChI is InChI=1S/C24H35N3O2S/c1-4-26(5-2)16-9-17-27(23(28)20-10-7-6-8-11-20)24-25-22(18-30-24)19-12-14-21(29-3)15-13-19/h12-15,18,20H,4-11,16-17H2,1-3H3/p+1. The minimum atomic E-state index is 0.160. The predicted octanol–water partition coefficient (Wildman–Crippen LogP) is 4.05. The number of thiazole rings is 1. The molecule has 3 rings (SSSR count). The lowest BCUT2D eigenvalue weighted by molar-refractivity contribution is -0.896. The number of methoxy groups -OCH3 is 1. The minimum absolute atomic E-state index is 0.160. The van der Waals surface area contributed by atoms with E-state index in [2.05, 4.69) is 19.2 Å². The van der Waals surface area contributed by atoms with E-state index < -0.39 is 0 Å². The van der Waals surface area contributed by atoms with E-state index in [4.69, 9.17) is 9.72 Å². The molecule has 5 nitrogen and oxygen atoms in total. The van der Waals surface area contributed by atoms with E-state index in [1.807, 2.05) is 29.2 Å². The topological polar surface area (TPSA) is 46.9 Å². The quantitative estimate of drug-likeness (QED) is 0.619. The third kappa shape index (κ3) is 5.82. The highest BCUT2D eigenvalue weighted by molar-refractivity contribution is 7.14. The van der Waals surface area contributed by atoms with Gasteiger partial charge in [0, 0.05) is 29.8 Å². The molecule has 1 aliphatic rings. The summed E-state index contributed by atoms with van der Waals surface area (Å²) in [6.07, 6.45) is 6.65. The molecular formula is C24H36N3O2S+. The number of hydrogen-bond donors (Lipinski definition) is 1. The van der Waals surface area contributed by atoms with Gasteiger partial charge in [-0.3, -0.25) is 9.69 Å². The molecule has 1 N–H and O–H groups in total. The Morgan fingerprint density at radius 1 is 1.17 bits per heavy atom. The van der Waals surface area contributed by atoms with Gasteiger partial charge in [-0.05, 0) is 51.0 Å². The molecule has 0 bridgehead atoms. The predicted molar refractivity (Wildman–Crippen MR) is 125 cm³/mol. The number of carbonyl (C=O) groups is 1. The fourth-order valence-electron chi connectivity index (χ4n) is 4.24. The van der Waals surface area contributed by atoms with Crippen molar-refractivity contribution in [3.8, 4) is 17.0 Å². The van der Waals surface area contributed by atoms with Crippen LogP contribution in [0.1, 0.15) is 52.4 Å². The van der Waals surface area contributed by atoms with Gasteiger partial charge in [-0.25, -0.2) is 4.98 Å². The van der Waals surface area contributed by atoms with Crippen LogP contribution in [-0.4, -0.2) is 44.2 Å². The molecule has 2 aromatic rings. The molecule has 1 amide bonds. The summed E-state index contributed by atoms with van der Waals surface area (Å²) in [5.41, 5.74) is 1.98. The van der Waals surface area contributed by atoms with Crippen LogP contribution in [0.5, 0.6) is 5.75 Å². The van der Waals surface area contributed by atoms with Gasteiger partial charge in [0.05, 0.1) is 32.4 Å². The number of nitrogens with zero attached hydrogens (tertiary/aromatic N) is 2. The summed E-state index contributed by atoms with van der Waals surface area (Å²) in [5, 5.41) is 2.90. The Balaban J connectivity index is 1.76. The average molecular weight is 431 g/mol. The molecule has 0 atom stereocenters. The Morgan fingerprint density at radius 2 is 1.87 bits per heavy atom. The molecule has 0 unspecified atom stereocenters. The van der Waals surface area contributed by atoms with Crippen LogP contribution in [0.15, 0.2) is 29.6 Å². The van der Waals surface area contributed by atoms with Crippen molar-refractivity contribution in [3.05, 3.63) is 29.6 Å². The van der Waals surface area contributed by atoms with Crippen molar-refractivity contribution in [2.45, 2.75) is 52.4 Å². The molecule has 1 aliphatic carbocycles. The van der Waals surface area contributed by atoms with Crippen molar-refractivity contribution in [2.75, 3.05) is 38.2 Å². The first-order valence-corrected chi connectivity index (χ1v) is 12.3. The average Bonchev–Trinajstić information content (AvgIpc) is 3.29. The van der Waals surface area contributed by atoms with Gasteiger partial charge in [0.1, 0.15) is 5.75 Å². The largest absolute Gasteiger partial charge is 0.497 e. The van der Waals surface area contributed by atoms with Gasteiger partial charge >= 0.3 is 0 Å². The molecular weight excluding hydrogens is 394 g/mol. The summed E-state index contributed by atoms with van der Waals surface area (Å²) in [5.74, 6) is 1.27. The van der Waals surface area contributed by atoms with E-state index in [-0.39, 0.29) is 11.8 Å². The second kappa shape index (κ2) is 11.5. The maximum absolute atomic E-state index is 13.4. The number of benzene rings is 1. The lowest BCUT2D eigenvalue weighted by Gasteiger charge is -2.28. The minimum Gasteiger partial charge on any atom is -0.497 e. The summed E-state index contributed by atoms with van der Waals surface area (Å²) < 4.78 is 5.26. The molecule has 1 heterocycles. The van der Waals surface area contributed by atoms with Crippen molar-refractivity contribution in [3.63, 3.8) is 0 Å². The lowest BCUT2D eigenvalue weighted by atomic mass is 9.88. The highest BCUT2D eigenvalue weighted by atomic mass is 32.1. The molecule has 1 saturated carbocycles. The van der Waals surface area contributed by atoms with Crippen molar-refractivity contribution < 1.29 is 14.4 Å². The van der Waals surface area contributed by atoms with Crippen LogP contribution in [0.25, 0.3) is 11.3 Å². The normalized spacial score (nSPS) is 14.8. The van der Waals surface area contributed by atoms with Gasteiger partial charge in [-0.1, -0.05) is 19.3 Å². The van der Waals surface area contributed by atoms with E-state index >= 15 is 0 Å². The van der Waals surface area contributed by atoms with E-state index in [0.717, 1.165) is 67.6 Å². The first kappa shape index (κ1) is 22.8. The third-order valence-electron chi connectivity index (χ3n) is 6.24. The molecule has 1 aromatic heterocycles. The molecule has 164 valence electrons. The summed E-state index contributed by atoms with van der Waals surface area (Å²) in [4.78, 5) is 21.8. The smallest absolute Gasteiger partial charge is 0.231 e. The third-order valence-corrected chi connectivity index (χ3v) is 7.10. The number of nitrogens with one attached hydrogen (secondary N) is 1. The van der Waals surface area contributed by atoms with Crippen LogP contribution in [0.2, 0.25) is 0 Å². The molecule has 1 fully saturated rings. The zero-order valence-electron chi connectivity index (χ0n) is 18.7. The number of quaternary nitrogens is 1. The zero-order valence-corrected chi connectivity index (χ0v) is 19.5. The number of hydrogen-bond acceptors (Lipinski definition) is 4. The lowest BCUT2D eigenvalue weighted by Crippen LogP contribution is -3.11. The number of ether oxygens (including phenoxy) is 1. The first-order valence-electron chi connectivity index (χ1n) is 11.4. The Labute approximate surface area is 185 Å². The molecule has 0 saturated heterocycles. The summed E-state index contributed by atoms with van der Waals surface area (Å²) in [7, 11) is 1.67. The Bertz CT molecular complexity index is 780. The molecule has 1 aromatic carbocycles. The number of carbonyl (C=O) groups excluding carboxylic acids is 1. The zero-order chi connectivity index (χ0) is 21.3. The van der Waals surface area contributed by atoms with Crippen LogP contribution in [0.4, 0.5) is 5.13 Å². The maximum Gasteiger partial charge on any atom is 0.231 e. The maximum atomic E-state index is 13.4. The molecule has 30 heavy (non-hydrogen) atoms. The van der Waals surface area contributed by atoms with Crippen LogP contribution in [-0.2, 0) is 4.79 Å². The van der Waals surface area contributed by atoms with Gasteiger partial charge in [-0.2, -0.15) is 0 Å². The molecule has 0 spiro atoms. The Kier molecular flexibility index (Phi) is 8.70. The summed E-state index contributed by atoms with van der Waals surface area (Å²) >= 11 is 1.58. The van der Waals surface area contributed by atoms with Gasteiger partial charge < -0.3 is 9.64 Å². The summed E-state index contributed by atoms with van der Waals surface area (Å²) in [6.45, 7) is 8.57. The van der Waals surface area contributed by atoms with Crippen molar-refractivity contribution in [2.24, 2.45) is 5.92 Å². The van der Waals surface area contributed by atoms with E-state index in [9.17, 15) is 4.79 Å². The van der Waals surface area contributed by atoms with Gasteiger partial charge in [0.25, 0.3) is 0 Å². The van der Waals surface area contributed by atoms with Crippen LogP contribution in [0, 0.1) is 5.92 Å². The summed E-state index contributed by atoms with van der Waals surface area (Å²) in [6, 6.07) is 7.95. The first-order chi connectivity index (χ1) is 14.7. The second-order valence-corrected chi connectivity index (χ2v) is 8.97. The van der Waals surface area contributed by atoms with Crippen LogP contribution >= 0.6 is 11.3 Å². The SMILES string of the molecule is CC[NH+](CC)CCCN(C(=O)C1CCCCC1)c1nc(-c2ccc(OC)cc2)cs1. The second-order valence-electron chi connectivity index (χ2n) is 8.13. The van der Waals surface area contributed by atoms with E-state index in [1.165, 1.54) is 19.3 Å². The van der Waals surface area contributed by atoms with Crippen LogP contribution < -0.4 is 14.5 Å². The highest BCUT2D eigenvalue weighted by Crippen LogP contribution is 2.32. The van der Waals surface area contributed by atoms with Crippen molar-refractivity contribution >= 4 is 22.4 Å². The monoisotopic (exact) mass is 430 g/mol. The van der Waals surface area contributed by atoms with E-state index in [0.29, 0.717) is 0 Å². The number of anilines is 1. The van der Waals surface area contributed by atoms with Gasteiger partial charge in [0.2, 0.25) is 5.91 Å². The van der Waals surface area contributed by atoms with Crippen molar-refractivity contribution in [1.29, 1.82) is 0 Å². The number of amides is 1. The van der Waals surface area contributed by atoms with E-state index in [1.54, 1.807) is 23.3 Å². The molecule has 0 aliphatic heterocycles. The fraction of sp³-hybridized carbons (Fsp3) is 0.583. The molecule has 6 heteroatoms. The Hall–Kier alpha value is -1.92. The number of aromatic nitrogens is 1. The highest BCUT2D eigenvalue weighted by Gasteiger charge is 2.28. The van der Waals surface area contributed by atoms with Crippen LogP contribution in [0.3, 0.4) is 0 Å². The van der Waals surface area contributed by atoms with Crippen molar-refractivity contribution in [1.82, 2.24) is 4.98 Å². The number of rotatable bonds is 10. The Morgan fingerprint density at radius 3 is 2.50 bits per heavy atom.